The molecule has 1 aliphatic carbocycles. The molecular formula is C17H16N2O3S. The molecule has 1 heterocycles. The molecule has 0 aliphatic heterocycles. The van der Waals surface area contributed by atoms with Crippen LogP contribution in [0.2, 0.25) is 0 Å². The minimum atomic E-state index is -0.509. The number of pyridine rings is 1. The molecule has 0 saturated heterocycles. The number of hydrogen-bond acceptors (Lipinski definition) is 4. The predicted molar refractivity (Wildman–Crippen MR) is 90.5 cm³/mol. The molecule has 0 saturated carbocycles. The third-order valence-corrected chi connectivity index (χ3v) is 4.55. The smallest absolute Gasteiger partial charge is 0.261 e. The maximum Gasteiger partial charge on any atom is 0.261 e. The van der Waals surface area contributed by atoms with Gasteiger partial charge in [0.1, 0.15) is 5.56 Å². The lowest BCUT2D eigenvalue weighted by Gasteiger charge is -2.15. The molecule has 1 amide bonds. The van der Waals surface area contributed by atoms with E-state index in [0.29, 0.717) is 29.8 Å². The van der Waals surface area contributed by atoms with E-state index in [-0.39, 0.29) is 11.3 Å². The Kier molecular flexibility index (Phi) is 4.34. The number of aryl methyl sites for hydroxylation is 1. The Labute approximate surface area is 137 Å². The number of aromatic amines is 1. The molecule has 3 rings (SSSR count). The summed E-state index contributed by atoms with van der Waals surface area (Å²) in [7, 11) is 0. The van der Waals surface area contributed by atoms with Gasteiger partial charge in [-0.1, -0.05) is 6.07 Å². The second kappa shape index (κ2) is 6.42. The van der Waals surface area contributed by atoms with Gasteiger partial charge >= 0.3 is 0 Å². The SMILES string of the molecule is CSc1cccc(NC(=O)c2cc3c([nH]c2=O)CCCC3=O)c1. The Morgan fingerprint density at radius 3 is 2.83 bits per heavy atom. The van der Waals surface area contributed by atoms with Crippen LogP contribution in [0.1, 0.15) is 39.3 Å². The van der Waals surface area contributed by atoms with Gasteiger partial charge in [0.15, 0.2) is 5.78 Å². The molecule has 2 aromatic rings. The third-order valence-electron chi connectivity index (χ3n) is 3.83. The summed E-state index contributed by atoms with van der Waals surface area (Å²) in [6, 6.07) is 8.78. The molecule has 23 heavy (non-hydrogen) atoms. The summed E-state index contributed by atoms with van der Waals surface area (Å²) in [5, 5.41) is 2.71. The second-order valence-corrected chi connectivity index (χ2v) is 6.25. The molecule has 0 unspecified atom stereocenters. The summed E-state index contributed by atoms with van der Waals surface area (Å²) in [5.41, 5.74) is 1.21. The van der Waals surface area contributed by atoms with Crippen LogP contribution in [0.15, 0.2) is 40.0 Å². The first kappa shape index (κ1) is 15.6. The minimum absolute atomic E-state index is 0.0269. The fourth-order valence-corrected chi connectivity index (χ4v) is 3.10. The fourth-order valence-electron chi connectivity index (χ4n) is 2.64. The molecular weight excluding hydrogens is 312 g/mol. The maximum atomic E-state index is 12.4. The highest BCUT2D eigenvalue weighted by molar-refractivity contribution is 7.98. The lowest BCUT2D eigenvalue weighted by Crippen LogP contribution is -2.27. The summed E-state index contributed by atoms with van der Waals surface area (Å²) in [6.45, 7) is 0. The third kappa shape index (κ3) is 3.22. The maximum absolute atomic E-state index is 12.4. The molecule has 0 radical (unpaired) electrons. The van der Waals surface area contributed by atoms with Crippen molar-refractivity contribution >= 4 is 29.1 Å². The van der Waals surface area contributed by atoms with E-state index >= 15 is 0 Å². The van der Waals surface area contributed by atoms with E-state index in [1.165, 1.54) is 6.07 Å². The lowest BCUT2D eigenvalue weighted by molar-refractivity contribution is 0.0971. The topological polar surface area (TPSA) is 79.0 Å². The highest BCUT2D eigenvalue weighted by Crippen LogP contribution is 2.21. The number of aromatic nitrogens is 1. The molecule has 1 aromatic heterocycles. The van der Waals surface area contributed by atoms with Crippen LogP contribution < -0.4 is 10.9 Å². The van der Waals surface area contributed by atoms with Crippen LogP contribution >= 0.6 is 11.8 Å². The highest BCUT2D eigenvalue weighted by atomic mass is 32.2. The Hall–Kier alpha value is -2.34. The molecule has 1 aromatic carbocycles. The first-order valence-electron chi connectivity index (χ1n) is 7.33. The van der Waals surface area contributed by atoms with Gasteiger partial charge in [-0.3, -0.25) is 14.4 Å². The largest absolute Gasteiger partial charge is 0.325 e. The standard InChI is InChI=1S/C17H16N2O3S/c1-23-11-5-2-4-10(8-11)18-16(21)13-9-12-14(19-17(13)22)6-3-7-15(12)20/h2,4-5,8-9H,3,6-7H2,1H3,(H,18,21)(H,19,22). The number of amides is 1. The van der Waals surface area contributed by atoms with Crippen molar-refractivity contribution in [3.8, 4) is 0 Å². The second-order valence-electron chi connectivity index (χ2n) is 5.37. The van der Waals surface area contributed by atoms with Crippen molar-refractivity contribution in [2.24, 2.45) is 0 Å². The van der Waals surface area contributed by atoms with Crippen LogP contribution in [-0.4, -0.2) is 22.9 Å². The number of ketones is 1. The molecule has 5 nitrogen and oxygen atoms in total. The molecule has 0 fully saturated rings. The number of thioether (sulfide) groups is 1. The van der Waals surface area contributed by atoms with Gasteiger partial charge in [-0.2, -0.15) is 0 Å². The van der Waals surface area contributed by atoms with E-state index < -0.39 is 11.5 Å². The Morgan fingerprint density at radius 2 is 2.04 bits per heavy atom. The van der Waals surface area contributed by atoms with E-state index in [4.69, 9.17) is 0 Å². The zero-order valence-electron chi connectivity index (χ0n) is 12.6. The molecule has 6 heteroatoms. The van der Waals surface area contributed by atoms with Crippen LogP contribution in [-0.2, 0) is 6.42 Å². The van der Waals surface area contributed by atoms with Crippen LogP contribution in [0.25, 0.3) is 0 Å². The summed E-state index contributed by atoms with van der Waals surface area (Å²) in [6.07, 6.45) is 3.79. The van der Waals surface area contributed by atoms with Crippen LogP contribution in [0.4, 0.5) is 5.69 Å². The molecule has 2 N–H and O–H groups in total. The van der Waals surface area contributed by atoms with E-state index in [1.54, 1.807) is 17.8 Å². The van der Waals surface area contributed by atoms with Gasteiger partial charge in [0.2, 0.25) is 0 Å². The number of H-pyrrole nitrogens is 1. The van der Waals surface area contributed by atoms with Gasteiger partial charge in [-0.25, -0.2) is 0 Å². The summed E-state index contributed by atoms with van der Waals surface area (Å²) in [5.74, 6) is -0.536. The quantitative estimate of drug-likeness (QED) is 0.849. The number of nitrogens with one attached hydrogen (secondary N) is 2. The number of fused-ring (bicyclic) bond motifs is 1. The van der Waals surface area contributed by atoms with Gasteiger partial charge < -0.3 is 10.3 Å². The predicted octanol–water partition coefficient (Wildman–Crippen LogP) is 2.87. The average Bonchev–Trinajstić information content (AvgIpc) is 2.54. The summed E-state index contributed by atoms with van der Waals surface area (Å²) in [4.78, 5) is 40.1. The molecule has 0 spiro atoms. The van der Waals surface area contributed by atoms with Gasteiger partial charge in [-0.05, 0) is 43.4 Å². The monoisotopic (exact) mass is 328 g/mol. The molecule has 0 atom stereocenters. The van der Waals surface area contributed by atoms with Crippen molar-refractivity contribution in [1.82, 2.24) is 4.98 Å². The van der Waals surface area contributed by atoms with Crippen LogP contribution in [0.3, 0.4) is 0 Å². The number of anilines is 1. The summed E-state index contributed by atoms with van der Waals surface area (Å²) < 4.78 is 0. The van der Waals surface area contributed by atoms with Crippen molar-refractivity contribution < 1.29 is 9.59 Å². The van der Waals surface area contributed by atoms with Crippen molar-refractivity contribution in [1.29, 1.82) is 0 Å². The summed E-state index contributed by atoms with van der Waals surface area (Å²) >= 11 is 1.56. The van der Waals surface area contributed by atoms with Crippen molar-refractivity contribution in [3.05, 3.63) is 57.5 Å². The van der Waals surface area contributed by atoms with Gasteiger partial charge in [-0.15, -0.1) is 11.8 Å². The first-order valence-corrected chi connectivity index (χ1v) is 8.56. The number of carbonyl (C=O) groups is 2. The van der Waals surface area contributed by atoms with E-state index in [2.05, 4.69) is 10.3 Å². The number of Topliss-reactive ketones (excluding diaryl/α,β-unsaturated/α-hetero) is 1. The molecule has 118 valence electrons. The zero-order valence-corrected chi connectivity index (χ0v) is 13.5. The number of benzene rings is 1. The lowest BCUT2D eigenvalue weighted by atomic mass is 9.93. The highest BCUT2D eigenvalue weighted by Gasteiger charge is 2.22. The number of rotatable bonds is 3. The van der Waals surface area contributed by atoms with Crippen molar-refractivity contribution in [2.45, 2.75) is 24.2 Å². The Balaban J connectivity index is 1.91. The first-order chi connectivity index (χ1) is 11.1. The Bertz CT molecular complexity index is 842. The zero-order chi connectivity index (χ0) is 16.4. The fraction of sp³-hybridized carbons (Fsp3) is 0.235. The normalized spacial score (nSPS) is 13.5. The van der Waals surface area contributed by atoms with Crippen molar-refractivity contribution in [3.63, 3.8) is 0 Å². The van der Waals surface area contributed by atoms with Crippen LogP contribution in [0.5, 0.6) is 0 Å². The molecule has 1 aliphatic rings. The molecule has 0 bridgehead atoms. The van der Waals surface area contributed by atoms with Crippen LogP contribution in [0, 0.1) is 0 Å². The van der Waals surface area contributed by atoms with E-state index in [9.17, 15) is 14.4 Å². The van der Waals surface area contributed by atoms with Gasteiger partial charge in [0, 0.05) is 28.3 Å². The van der Waals surface area contributed by atoms with Crippen molar-refractivity contribution in [2.75, 3.05) is 11.6 Å². The Morgan fingerprint density at radius 1 is 1.22 bits per heavy atom. The minimum Gasteiger partial charge on any atom is -0.325 e. The van der Waals surface area contributed by atoms with E-state index in [1.807, 2.05) is 24.5 Å². The average molecular weight is 328 g/mol. The van der Waals surface area contributed by atoms with E-state index in [0.717, 1.165) is 11.3 Å². The number of hydrogen-bond donors (Lipinski definition) is 2. The van der Waals surface area contributed by atoms with Gasteiger partial charge in [0.05, 0.1) is 0 Å². The number of carbonyl (C=O) groups excluding carboxylic acids is 2. The van der Waals surface area contributed by atoms with Gasteiger partial charge in [0.25, 0.3) is 11.5 Å².